The zero-order valence-electron chi connectivity index (χ0n) is 31.3. The van der Waals surface area contributed by atoms with Crippen LogP contribution in [0.15, 0.2) is 224 Å². The van der Waals surface area contributed by atoms with Crippen LogP contribution in [0.5, 0.6) is 0 Å². The third-order valence-electron chi connectivity index (χ3n) is 11.6. The van der Waals surface area contributed by atoms with Gasteiger partial charge in [0.1, 0.15) is 0 Å². The molecule has 0 aliphatic carbocycles. The molecule has 0 unspecified atom stereocenters. The minimum Gasteiger partial charge on any atom is -0.311 e. The van der Waals surface area contributed by atoms with Crippen LogP contribution in [-0.2, 0) is 0 Å². The van der Waals surface area contributed by atoms with Crippen LogP contribution >= 0.6 is 0 Å². The van der Waals surface area contributed by atoms with Gasteiger partial charge >= 0.3 is 0 Å². The summed E-state index contributed by atoms with van der Waals surface area (Å²) in [5, 5.41) is 0. The highest BCUT2D eigenvalue weighted by Gasteiger charge is 2.43. The van der Waals surface area contributed by atoms with E-state index in [0.717, 1.165) is 11.4 Å². The number of anilines is 6. The molecule has 0 bridgehead atoms. The van der Waals surface area contributed by atoms with Crippen LogP contribution in [0.3, 0.4) is 0 Å². The van der Waals surface area contributed by atoms with E-state index < -0.39 is 0 Å². The molecule has 57 heavy (non-hydrogen) atoms. The second-order valence-electron chi connectivity index (χ2n) is 14.9. The highest BCUT2D eigenvalue weighted by atomic mass is 15.2. The molecular formula is C54H37BN2. The van der Waals surface area contributed by atoms with Crippen LogP contribution in [0.4, 0.5) is 34.1 Å². The summed E-state index contributed by atoms with van der Waals surface area (Å²) in [5.74, 6) is 0. The summed E-state index contributed by atoms with van der Waals surface area (Å²) in [6.07, 6.45) is 0. The maximum atomic E-state index is 2.51. The number of rotatable bonds is 6. The van der Waals surface area contributed by atoms with Crippen molar-refractivity contribution >= 4 is 57.2 Å². The number of hydrogen-bond acceptors (Lipinski definition) is 2. The maximum absolute atomic E-state index is 2.51. The summed E-state index contributed by atoms with van der Waals surface area (Å²) in [6.45, 7) is 0.0109. The third kappa shape index (κ3) is 5.51. The van der Waals surface area contributed by atoms with Gasteiger partial charge in [-0.1, -0.05) is 176 Å². The van der Waals surface area contributed by atoms with Crippen LogP contribution < -0.4 is 26.2 Å². The van der Waals surface area contributed by atoms with E-state index in [9.17, 15) is 0 Å². The lowest BCUT2D eigenvalue weighted by atomic mass is 9.33. The lowest BCUT2D eigenvalue weighted by molar-refractivity contribution is 1.25. The Morgan fingerprint density at radius 1 is 0.281 bits per heavy atom. The van der Waals surface area contributed by atoms with Crippen molar-refractivity contribution in [3.8, 4) is 44.5 Å². The van der Waals surface area contributed by atoms with Crippen molar-refractivity contribution in [3.63, 3.8) is 0 Å². The predicted octanol–water partition coefficient (Wildman–Crippen LogP) is 12.4. The van der Waals surface area contributed by atoms with Crippen LogP contribution in [0.2, 0.25) is 0 Å². The van der Waals surface area contributed by atoms with E-state index in [0.29, 0.717) is 0 Å². The average molecular weight is 725 g/mol. The zero-order chi connectivity index (χ0) is 37.7. The topological polar surface area (TPSA) is 6.48 Å². The number of fused-ring (bicyclic) bond motifs is 4. The van der Waals surface area contributed by atoms with Gasteiger partial charge in [0.15, 0.2) is 0 Å². The van der Waals surface area contributed by atoms with Crippen LogP contribution in [0, 0.1) is 0 Å². The fourth-order valence-electron chi connectivity index (χ4n) is 9.20. The zero-order valence-corrected chi connectivity index (χ0v) is 31.3. The molecule has 11 rings (SSSR count). The smallest absolute Gasteiger partial charge is 0.252 e. The van der Waals surface area contributed by atoms with Gasteiger partial charge in [0.25, 0.3) is 6.71 Å². The number of nitrogens with zero attached hydrogens (tertiary/aromatic N) is 2. The second-order valence-corrected chi connectivity index (χ2v) is 14.9. The van der Waals surface area contributed by atoms with Gasteiger partial charge in [0, 0.05) is 34.1 Å². The summed E-state index contributed by atoms with van der Waals surface area (Å²) in [7, 11) is 0. The Kier molecular flexibility index (Phi) is 7.96. The summed E-state index contributed by atoms with van der Waals surface area (Å²) in [6, 6.07) is 82.1. The molecular weight excluding hydrogens is 687 g/mol. The van der Waals surface area contributed by atoms with Gasteiger partial charge in [-0.3, -0.25) is 0 Å². The van der Waals surface area contributed by atoms with E-state index in [-0.39, 0.29) is 6.71 Å². The Balaban J connectivity index is 1.28. The lowest BCUT2D eigenvalue weighted by Gasteiger charge is -2.44. The molecule has 0 aromatic heterocycles. The Bertz CT molecular complexity index is 2820. The van der Waals surface area contributed by atoms with Crippen molar-refractivity contribution < 1.29 is 0 Å². The van der Waals surface area contributed by atoms with Crippen molar-refractivity contribution in [3.05, 3.63) is 224 Å². The molecule has 9 aromatic carbocycles. The van der Waals surface area contributed by atoms with Crippen LogP contribution in [0.25, 0.3) is 44.5 Å². The second kappa shape index (κ2) is 13.7. The van der Waals surface area contributed by atoms with E-state index in [4.69, 9.17) is 0 Å². The van der Waals surface area contributed by atoms with E-state index >= 15 is 0 Å². The summed E-state index contributed by atoms with van der Waals surface area (Å²) in [5.41, 5.74) is 20.6. The normalized spacial score (nSPS) is 12.5. The minimum absolute atomic E-state index is 0.0109. The minimum atomic E-state index is 0.0109. The first-order valence-electron chi connectivity index (χ1n) is 19.7. The maximum Gasteiger partial charge on any atom is 0.252 e. The third-order valence-corrected chi connectivity index (χ3v) is 11.6. The first-order chi connectivity index (χ1) is 28.3. The molecule has 2 heterocycles. The average Bonchev–Trinajstić information content (AvgIpc) is 3.30. The van der Waals surface area contributed by atoms with Crippen molar-refractivity contribution in [2.24, 2.45) is 0 Å². The van der Waals surface area contributed by atoms with Gasteiger partial charge in [-0.2, -0.15) is 0 Å². The molecule has 266 valence electrons. The Morgan fingerprint density at radius 2 is 0.737 bits per heavy atom. The molecule has 0 radical (unpaired) electrons. The summed E-state index contributed by atoms with van der Waals surface area (Å²) in [4.78, 5) is 5.00. The number of benzene rings is 9. The molecule has 0 amide bonds. The SMILES string of the molecule is c1ccc(-c2ccc3c(c2)B2c4ccccc4N(c4ccccc4)c4cc(-c5c(-c6ccccc6)cccc5-c5ccccc5)cc(c42)N3c2ccccc2)cc1. The highest BCUT2D eigenvalue weighted by molar-refractivity contribution is 7.00. The Hall–Kier alpha value is -7.36. The van der Waals surface area contributed by atoms with E-state index in [1.165, 1.54) is 83.6 Å². The van der Waals surface area contributed by atoms with E-state index in [1.807, 2.05) is 0 Å². The molecule has 0 N–H and O–H groups in total. The molecule has 0 saturated carbocycles. The quantitative estimate of drug-likeness (QED) is 0.158. The van der Waals surface area contributed by atoms with Gasteiger partial charge in [0.2, 0.25) is 0 Å². The Morgan fingerprint density at radius 3 is 1.28 bits per heavy atom. The van der Waals surface area contributed by atoms with E-state index in [1.54, 1.807) is 0 Å². The molecule has 0 atom stereocenters. The van der Waals surface area contributed by atoms with Crippen molar-refractivity contribution in [1.29, 1.82) is 0 Å². The first-order valence-corrected chi connectivity index (χ1v) is 19.7. The van der Waals surface area contributed by atoms with Gasteiger partial charge in [-0.25, -0.2) is 0 Å². The van der Waals surface area contributed by atoms with Gasteiger partial charge in [0.05, 0.1) is 0 Å². The molecule has 0 saturated heterocycles. The van der Waals surface area contributed by atoms with Crippen molar-refractivity contribution in [1.82, 2.24) is 0 Å². The monoisotopic (exact) mass is 724 g/mol. The fraction of sp³-hybridized carbons (Fsp3) is 0. The molecule has 9 aromatic rings. The van der Waals surface area contributed by atoms with Crippen molar-refractivity contribution in [2.45, 2.75) is 0 Å². The molecule has 2 aliphatic rings. The van der Waals surface area contributed by atoms with Gasteiger partial charge < -0.3 is 9.80 Å². The first kappa shape index (κ1) is 33.0. The highest BCUT2D eigenvalue weighted by Crippen LogP contribution is 2.49. The standard InChI is InChI=1S/C54H37BN2/c1-6-19-38(20-7-1)41-33-34-50-48(35-41)55-47-31-16-17-32-49(47)56(43-25-12-4-13-26-43)51-36-42(37-52(54(51)55)57(50)44-27-14-5-15-28-44)53-45(39-21-8-2-9-22-39)29-18-30-46(53)40-23-10-3-11-24-40/h1-37H. The fourth-order valence-corrected chi connectivity index (χ4v) is 9.20. The molecule has 3 heteroatoms. The largest absolute Gasteiger partial charge is 0.311 e. The summed E-state index contributed by atoms with van der Waals surface area (Å²) < 4.78 is 0. The van der Waals surface area contributed by atoms with Gasteiger partial charge in [-0.15, -0.1) is 0 Å². The predicted molar refractivity (Wildman–Crippen MR) is 242 cm³/mol. The van der Waals surface area contributed by atoms with Crippen LogP contribution in [-0.4, -0.2) is 6.71 Å². The number of para-hydroxylation sites is 3. The molecule has 2 nitrogen and oxygen atoms in total. The lowest BCUT2D eigenvalue weighted by Crippen LogP contribution is -2.61. The van der Waals surface area contributed by atoms with Gasteiger partial charge in [-0.05, 0) is 109 Å². The Labute approximate surface area is 334 Å². The molecule has 2 aliphatic heterocycles. The molecule has 0 spiro atoms. The summed E-state index contributed by atoms with van der Waals surface area (Å²) >= 11 is 0. The number of hydrogen-bond donors (Lipinski definition) is 0. The van der Waals surface area contributed by atoms with Crippen molar-refractivity contribution in [2.75, 3.05) is 9.80 Å². The van der Waals surface area contributed by atoms with E-state index in [2.05, 4.69) is 234 Å². The van der Waals surface area contributed by atoms with Crippen LogP contribution in [0.1, 0.15) is 0 Å². The molecule has 0 fully saturated rings.